The van der Waals surface area contributed by atoms with E-state index in [0.717, 1.165) is 71.7 Å². The number of nitrogens with zero attached hydrogens (tertiary/aromatic N) is 4. The molecule has 0 aliphatic carbocycles. The largest absolute Gasteiger partial charge is 0.390 e. The van der Waals surface area contributed by atoms with Crippen molar-refractivity contribution in [1.29, 1.82) is 0 Å². The summed E-state index contributed by atoms with van der Waals surface area (Å²) < 4.78 is 3.32. The molecule has 172 valence electrons. The molecule has 0 saturated carbocycles. The molecule has 1 saturated heterocycles. The third-order valence-electron chi connectivity index (χ3n) is 5.80. The predicted octanol–water partition coefficient (Wildman–Crippen LogP) is 1.74. The van der Waals surface area contributed by atoms with Gasteiger partial charge < -0.3 is 14.9 Å². The third-order valence-corrected chi connectivity index (χ3v) is 7.14. The van der Waals surface area contributed by atoms with Gasteiger partial charge >= 0.3 is 0 Å². The molecular weight excluding hydrogens is 413 g/mol. The van der Waals surface area contributed by atoms with Crippen molar-refractivity contribution in [2.24, 2.45) is 0 Å². The Morgan fingerprint density at radius 2 is 1.37 bits per heavy atom. The fourth-order valence-electron chi connectivity index (χ4n) is 3.65. The van der Waals surface area contributed by atoms with Gasteiger partial charge in [0.25, 0.3) is 0 Å². The summed E-state index contributed by atoms with van der Waals surface area (Å²) in [7, 11) is 2.88. The van der Waals surface area contributed by atoms with Crippen LogP contribution in [0.1, 0.15) is 13.8 Å². The number of hydrogen-bond acceptors (Lipinski definition) is 7. The van der Waals surface area contributed by atoms with E-state index >= 15 is 0 Å². The minimum Gasteiger partial charge on any atom is -0.390 e. The van der Waals surface area contributed by atoms with Crippen LogP contribution >= 0.6 is 21.2 Å². The minimum atomic E-state index is -0.371. The van der Waals surface area contributed by atoms with E-state index in [1.807, 2.05) is 18.2 Å². The smallest absolute Gasteiger partial charge is 0.0800 e. The van der Waals surface area contributed by atoms with Crippen molar-refractivity contribution in [2.45, 2.75) is 24.8 Å². The lowest BCUT2D eigenvalue weighted by Gasteiger charge is -2.34. The molecule has 2 N–H and O–H groups in total. The van der Waals surface area contributed by atoms with Gasteiger partial charge in [-0.25, -0.2) is 0 Å². The van der Waals surface area contributed by atoms with Crippen LogP contribution < -0.4 is 4.72 Å². The Balaban J connectivity index is 1.85. The first-order chi connectivity index (χ1) is 14.6. The van der Waals surface area contributed by atoms with Gasteiger partial charge in [-0.05, 0) is 37.2 Å². The van der Waals surface area contributed by atoms with Gasteiger partial charge in [-0.15, -0.1) is 9.24 Å². The van der Waals surface area contributed by atoms with Crippen LogP contribution in [0.3, 0.4) is 0 Å². The van der Waals surface area contributed by atoms with Crippen molar-refractivity contribution in [3.05, 3.63) is 30.3 Å². The molecule has 30 heavy (non-hydrogen) atoms. The highest BCUT2D eigenvalue weighted by molar-refractivity contribution is 7.97. The Labute approximate surface area is 190 Å². The van der Waals surface area contributed by atoms with Gasteiger partial charge in [-0.2, -0.15) is 0 Å². The van der Waals surface area contributed by atoms with Gasteiger partial charge in [-0.1, -0.05) is 32.0 Å². The molecule has 6 nitrogen and oxygen atoms in total. The van der Waals surface area contributed by atoms with Gasteiger partial charge in [0.05, 0.1) is 6.10 Å². The summed E-state index contributed by atoms with van der Waals surface area (Å²) in [6, 6.07) is 10.3. The second kappa shape index (κ2) is 15.5. The predicted molar refractivity (Wildman–Crippen MR) is 133 cm³/mol. The van der Waals surface area contributed by atoms with Crippen molar-refractivity contribution in [3.8, 4) is 0 Å². The zero-order valence-electron chi connectivity index (χ0n) is 18.9. The lowest BCUT2D eigenvalue weighted by Crippen LogP contribution is -2.47. The molecule has 1 fully saturated rings. The topological polar surface area (TPSA) is 45.2 Å². The Hall–Kier alpha value is -0.240. The monoisotopic (exact) mass is 455 g/mol. The molecule has 0 spiro atoms. The standard InChI is InChI=1S/C22H42N5OPS/c1-3-24-10-11-25(4-2)13-16-27(20-29)17-15-26(14-12-24)19-21(28)18-23-30-22-8-6-5-7-9-22/h5-9,21,23,28H,3-4,10-20,29H2,1-2H3. The maximum absolute atomic E-state index is 10.6. The quantitative estimate of drug-likeness (QED) is 0.434. The summed E-state index contributed by atoms with van der Waals surface area (Å²) in [6.45, 7) is 16.6. The second-order valence-electron chi connectivity index (χ2n) is 7.89. The molecule has 0 radical (unpaired) electrons. The normalized spacial score (nSPS) is 20.5. The maximum atomic E-state index is 10.6. The van der Waals surface area contributed by atoms with Crippen LogP contribution in [-0.4, -0.2) is 116 Å². The molecule has 2 rings (SSSR count). The van der Waals surface area contributed by atoms with Gasteiger partial charge in [0, 0.05) is 76.6 Å². The number of nitrogens with one attached hydrogen (secondary N) is 1. The molecule has 1 heterocycles. The van der Waals surface area contributed by atoms with Crippen molar-refractivity contribution in [1.82, 2.24) is 24.3 Å². The summed E-state index contributed by atoms with van der Waals surface area (Å²) in [5.41, 5.74) is 0. The second-order valence-corrected chi connectivity index (χ2v) is 9.22. The highest BCUT2D eigenvalue weighted by Crippen LogP contribution is 2.12. The van der Waals surface area contributed by atoms with E-state index in [-0.39, 0.29) is 6.10 Å². The van der Waals surface area contributed by atoms with Gasteiger partial charge in [-0.3, -0.25) is 14.5 Å². The average Bonchev–Trinajstić information content (AvgIpc) is 2.76. The zero-order valence-corrected chi connectivity index (χ0v) is 20.8. The molecule has 8 heteroatoms. The van der Waals surface area contributed by atoms with E-state index in [0.29, 0.717) is 13.1 Å². The first kappa shape index (κ1) is 26.0. The highest BCUT2D eigenvalue weighted by atomic mass is 32.2. The Morgan fingerprint density at radius 1 is 0.867 bits per heavy atom. The van der Waals surface area contributed by atoms with Crippen LogP contribution in [0.5, 0.6) is 0 Å². The zero-order chi connectivity index (χ0) is 21.6. The molecular formula is C22H42N5OPS. The molecule has 0 bridgehead atoms. The van der Waals surface area contributed by atoms with E-state index in [9.17, 15) is 5.11 Å². The van der Waals surface area contributed by atoms with Crippen LogP contribution in [0.15, 0.2) is 35.2 Å². The van der Waals surface area contributed by atoms with Crippen molar-refractivity contribution in [3.63, 3.8) is 0 Å². The summed E-state index contributed by atoms with van der Waals surface area (Å²) >= 11 is 1.59. The Morgan fingerprint density at radius 3 is 1.87 bits per heavy atom. The van der Waals surface area contributed by atoms with Crippen LogP contribution in [-0.2, 0) is 0 Å². The van der Waals surface area contributed by atoms with Crippen LogP contribution in [0.2, 0.25) is 0 Å². The molecule has 1 aromatic rings. The number of β-amino-alcohol motifs (C(OH)–C–C–N with tert-alkyl or cyclic N) is 1. The fourth-order valence-corrected chi connectivity index (χ4v) is 4.75. The lowest BCUT2D eigenvalue weighted by molar-refractivity contribution is 0.0931. The van der Waals surface area contributed by atoms with Gasteiger partial charge in [0.15, 0.2) is 0 Å². The van der Waals surface area contributed by atoms with E-state index in [2.05, 4.69) is 59.5 Å². The number of aliphatic hydroxyl groups excluding tert-OH is 1. The van der Waals surface area contributed by atoms with Gasteiger partial charge in [0.2, 0.25) is 0 Å². The van der Waals surface area contributed by atoms with Crippen LogP contribution in [0, 0.1) is 0 Å². The van der Waals surface area contributed by atoms with E-state index in [4.69, 9.17) is 0 Å². The summed E-state index contributed by atoms with van der Waals surface area (Å²) in [5.74, 6) is 0. The minimum absolute atomic E-state index is 0.371. The first-order valence-corrected chi connectivity index (χ1v) is 13.0. The summed E-state index contributed by atoms with van der Waals surface area (Å²) in [6.07, 6.45) is 0.633. The molecule has 1 aliphatic heterocycles. The van der Waals surface area contributed by atoms with E-state index in [1.54, 1.807) is 11.9 Å². The molecule has 2 atom stereocenters. The number of hydrogen-bond donors (Lipinski definition) is 2. The van der Waals surface area contributed by atoms with Crippen molar-refractivity contribution < 1.29 is 5.11 Å². The number of aliphatic hydroxyl groups is 1. The van der Waals surface area contributed by atoms with E-state index in [1.165, 1.54) is 4.90 Å². The van der Waals surface area contributed by atoms with E-state index < -0.39 is 0 Å². The average molecular weight is 456 g/mol. The number of benzene rings is 1. The molecule has 0 amide bonds. The molecule has 1 aliphatic rings. The van der Waals surface area contributed by atoms with Gasteiger partial charge in [0.1, 0.15) is 0 Å². The summed E-state index contributed by atoms with van der Waals surface area (Å²) in [5, 5.41) is 10.6. The first-order valence-electron chi connectivity index (χ1n) is 11.4. The summed E-state index contributed by atoms with van der Waals surface area (Å²) in [4.78, 5) is 11.2. The lowest BCUT2D eigenvalue weighted by atomic mass is 10.3. The molecule has 2 unspecified atom stereocenters. The van der Waals surface area contributed by atoms with Crippen LogP contribution in [0.4, 0.5) is 0 Å². The number of rotatable bonds is 9. The molecule has 1 aromatic carbocycles. The third kappa shape index (κ3) is 10.4. The SMILES string of the molecule is CCN1CCN(CC)CCN(CC(O)CNSc2ccccc2)CCN(CP)CC1. The number of likely N-dealkylation sites (N-methyl/N-ethyl adjacent to an activating group) is 2. The fraction of sp³-hybridized carbons (Fsp3) is 0.727. The highest BCUT2D eigenvalue weighted by Gasteiger charge is 2.17. The molecule has 0 aromatic heterocycles. The maximum Gasteiger partial charge on any atom is 0.0800 e. The van der Waals surface area contributed by atoms with Crippen molar-refractivity contribution in [2.75, 3.05) is 84.8 Å². The Kier molecular flexibility index (Phi) is 13.5. The Bertz CT molecular complexity index is 536. The van der Waals surface area contributed by atoms with Crippen molar-refractivity contribution >= 4 is 21.2 Å². The van der Waals surface area contributed by atoms with Crippen LogP contribution in [0.25, 0.3) is 0 Å².